The molecule has 6 nitrogen and oxygen atoms in total. The molecular formula is C17H17F3N4O2. The van der Waals surface area contributed by atoms with Gasteiger partial charge in [-0.1, -0.05) is 19.3 Å². The van der Waals surface area contributed by atoms with Crippen LogP contribution in [0.2, 0.25) is 0 Å². The minimum Gasteiger partial charge on any atom is -0.333 e. The Morgan fingerprint density at radius 1 is 1.19 bits per heavy atom. The van der Waals surface area contributed by atoms with Crippen molar-refractivity contribution in [2.24, 2.45) is 7.05 Å². The predicted molar refractivity (Wildman–Crippen MR) is 90.2 cm³/mol. The summed E-state index contributed by atoms with van der Waals surface area (Å²) < 4.78 is 43.6. The summed E-state index contributed by atoms with van der Waals surface area (Å²) in [6.45, 7) is 0. The van der Waals surface area contributed by atoms with Crippen LogP contribution in [0.3, 0.4) is 0 Å². The van der Waals surface area contributed by atoms with Crippen molar-refractivity contribution in [2.45, 2.75) is 44.3 Å². The maximum Gasteiger partial charge on any atom is 0.431 e. The molecule has 1 N–H and O–H groups in total. The first-order valence-electron chi connectivity index (χ1n) is 8.49. The highest BCUT2D eigenvalue weighted by Gasteiger charge is 2.37. The number of pyridine rings is 2. The van der Waals surface area contributed by atoms with Gasteiger partial charge in [0.05, 0.1) is 11.8 Å². The number of imidazole rings is 1. The number of fused-ring (bicyclic) bond motifs is 3. The monoisotopic (exact) mass is 366 g/mol. The molecule has 0 radical (unpaired) electrons. The largest absolute Gasteiger partial charge is 0.431 e. The van der Waals surface area contributed by atoms with Gasteiger partial charge in [-0.3, -0.25) is 14.2 Å². The van der Waals surface area contributed by atoms with Gasteiger partial charge < -0.3 is 9.55 Å². The summed E-state index contributed by atoms with van der Waals surface area (Å²) in [5.74, 6) is 0. The van der Waals surface area contributed by atoms with E-state index in [1.165, 1.54) is 10.9 Å². The minimum absolute atomic E-state index is 0.0166. The van der Waals surface area contributed by atoms with E-state index in [0.29, 0.717) is 12.8 Å². The molecule has 0 aliphatic heterocycles. The Hall–Kier alpha value is -2.58. The Kier molecular flexibility index (Phi) is 3.71. The second-order valence-corrected chi connectivity index (χ2v) is 6.79. The molecule has 0 saturated heterocycles. The molecule has 0 unspecified atom stereocenters. The van der Waals surface area contributed by atoms with E-state index in [1.807, 2.05) is 0 Å². The number of aromatic amines is 1. The molecule has 3 aromatic heterocycles. The molecule has 1 aliphatic rings. The SMILES string of the molecule is Cn1cnc2c(=O)[nH]c3c(=O)n(C4CCCCC4)c(C(F)(F)F)cc3c21. The quantitative estimate of drug-likeness (QED) is 0.719. The van der Waals surface area contributed by atoms with E-state index in [0.717, 1.165) is 29.9 Å². The van der Waals surface area contributed by atoms with Crippen molar-refractivity contribution in [1.29, 1.82) is 0 Å². The lowest BCUT2D eigenvalue weighted by Crippen LogP contribution is -2.33. The lowest BCUT2D eigenvalue weighted by atomic mass is 9.94. The minimum atomic E-state index is -4.67. The van der Waals surface area contributed by atoms with Crippen LogP contribution in [0.15, 0.2) is 22.0 Å². The maximum atomic E-state index is 13.8. The summed E-state index contributed by atoms with van der Waals surface area (Å²) in [7, 11) is 1.58. The Morgan fingerprint density at radius 2 is 1.88 bits per heavy atom. The molecule has 0 atom stereocenters. The first-order valence-corrected chi connectivity index (χ1v) is 8.49. The summed E-state index contributed by atoms with van der Waals surface area (Å²) in [6, 6.07) is 0.452. The zero-order chi connectivity index (χ0) is 18.6. The van der Waals surface area contributed by atoms with Crippen molar-refractivity contribution in [3.8, 4) is 0 Å². The van der Waals surface area contributed by atoms with Crippen LogP contribution in [0.4, 0.5) is 13.2 Å². The molecule has 4 rings (SSSR count). The van der Waals surface area contributed by atoms with E-state index in [9.17, 15) is 22.8 Å². The number of halogens is 3. The Labute approximate surface area is 145 Å². The topological polar surface area (TPSA) is 72.7 Å². The molecule has 0 aromatic carbocycles. The van der Waals surface area contributed by atoms with Crippen molar-refractivity contribution in [3.05, 3.63) is 38.8 Å². The molecule has 0 spiro atoms. The summed E-state index contributed by atoms with van der Waals surface area (Å²) in [4.78, 5) is 31.6. The van der Waals surface area contributed by atoms with Crippen LogP contribution in [0.5, 0.6) is 0 Å². The number of alkyl halides is 3. The van der Waals surface area contributed by atoms with E-state index < -0.39 is 29.0 Å². The zero-order valence-corrected chi connectivity index (χ0v) is 14.1. The van der Waals surface area contributed by atoms with Gasteiger partial charge in [-0.2, -0.15) is 13.2 Å². The average molecular weight is 366 g/mol. The predicted octanol–water partition coefficient (Wildman–Crippen LogP) is 3.10. The number of nitrogens with zero attached hydrogens (tertiary/aromatic N) is 3. The molecule has 3 heterocycles. The van der Waals surface area contributed by atoms with Crippen molar-refractivity contribution in [3.63, 3.8) is 0 Å². The molecular weight excluding hydrogens is 349 g/mol. The number of aryl methyl sites for hydroxylation is 1. The van der Waals surface area contributed by atoms with E-state index >= 15 is 0 Å². The van der Waals surface area contributed by atoms with Gasteiger partial charge in [0.25, 0.3) is 11.1 Å². The maximum absolute atomic E-state index is 13.8. The molecule has 138 valence electrons. The van der Waals surface area contributed by atoms with E-state index in [-0.39, 0.29) is 21.9 Å². The van der Waals surface area contributed by atoms with Crippen LogP contribution < -0.4 is 11.1 Å². The number of aromatic nitrogens is 4. The number of hydrogen-bond donors (Lipinski definition) is 1. The van der Waals surface area contributed by atoms with Crippen LogP contribution in [-0.4, -0.2) is 19.1 Å². The van der Waals surface area contributed by atoms with Gasteiger partial charge in [0.1, 0.15) is 11.2 Å². The zero-order valence-electron chi connectivity index (χ0n) is 14.1. The van der Waals surface area contributed by atoms with Gasteiger partial charge in [0, 0.05) is 18.5 Å². The fourth-order valence-electron chi connectivity index (χ4n) is 3.94. The van der Waals surface area contributed by atoms with E-state index in [2.05, 4.69) is 9.97 Å². The highest BCUT2D eigenvalue weighted by Crippen LogP contribution is 2.36. The van der Waals surface area contributed by atoms with E-state index in [1.54, 1.807) is 7.05 Å². The standard InChI is InChI=1S/C17H17F3N4O2/c1-23-8-21-13-14(23)10-7-11(17(18,19)20)24(9-5-3-2-4-6-9)16(26)12(10)22-15(13)25/h7-9H,2-6H2,1H3,(H,22,25). The first-order chi connectivity index (χ1) is 12.3. The van der Waals surface area contributed by atoms with Crippen LogP contribution in [-0.2, 0) is 13.2 Å². The first kappa shape index (κ1) is 16.9. The van der Waals surface area contributed by atoms with Gasteiger partial charge >= 0.3 is 6.18 Å². The molecule has 1 saturated carbocycles. The molecule has 1 aliphatic carbocycles. The molecule has 9 heteroatoms. The highest BCUT2D eigenvalue weighted by molar-refractivity contribution is 6.01. The van der Waals surface area contributed by atoms with Gasteiger partial charge in [0.15, 0.2) is 5.52 Å². The van der Waals surface area contributed by atoms with Crippen LogP contribution in [0, 0.1) is 0 Å². The average Bonchev–Trinajstić information content (AvgIpc) is 2.98. The van der Waals surface area contributed by atoms with Gasteiger partial charge in [0.2, 0.25) is 0 Å². The molecule has 3 aromatic rings. The smallest absolute Gasteiger partial charge is 0.333 e. The fourth-order valence-corrected chi connectivity index (χ4v) is 3.94. The van der Waals surface area contributed by atoms with Crippen LogP contribution in [0.1, 0.15) is 43.8 Å². The molecule has 0 bridgehead atoms. The van der Waals surface area contributed by atoms with Crippen molar-refractivity contribution >= 4 is 21.9 Å². The third-order valence-corrected chi connectivity index (χ3v) is 5.12. The number of H-pyrrole nitrogens is 1. The van der Waals surface area contributed by atoms with Crippen molar-refractivity contribution in [1.82, 2.24) is 19.1 Å². The Balaban J connectivity index is 2.15. The lowest BCUT2D eigenvalue weighted by molar-refractivity contribution is -0.145. The van der Waals surface area contributed by atoms with Crippen LogP contribution in [0.25, 0.3) is 21.9 Å². The second kappa shape index (κ2) is 5.72. The Morgan fingerprint density at radius 3 is 2.54 bits per heavy atom. The summed E-state index contributed by atoms with van der Waals surface area (Å²) in [6.07, 6.45) is 0.227. The second-order valence-electron chi connectivity index (χ2n) is 6.79. The normalized spacial score (nSPS) is 16.6. The number of nitrogens with one attached hydrogen (secondary N) is 1. The fraction of sp³-hybridized carbons (Fsp3) is 0.471. The van der Waals surface area contributed by atoms with Gasteiger partial charge in [-0.05, 0) is 18.9 Å². The lowest BCUT2D eigenvalue weighted by Gasteiger charge is -2.27. The number of rotatable bonds is 1. The summed E-state index contributed by atoms with van der Waals surface area (Å²) >= 11 is 0. The Bertz CT molecular complexity index is 1120. The van der Waals surface area contributed by atoms with Gasteiger partial charge in [-0.15, -0.1) is 0 Å². The van der Waals surface area contributed by atoms with Crippen LogP contribution >= 0.6 is 0 Å². The van der Waals surface area contributed by atoms with Gasteiger partial charge in [-0.25, -0.2) is 4.98 Å². The highest BCUT2D eigenvalue weighted by atomic mass is 19.4. The van der Waals surface area contributed by atoms with Crippen molar-refractivity contribution < 1.29 is 13.2 Å². The summed E-state index contributed by atoms with van der Waals surface area (Å²) in [5.41, 5.74) is -2.23. The van der Waals surface area contributed by atoms with Crippen molar-refractivity contribution in [2.75, 3.05) is 0 Å². The summed E-state index contributed by atoms with van der Waals surface area (Å²) in [5, 5.41) is 0.0592. The number of hydrogen-bond acceptors (Lipinski definition) is 3. The molecule has 0 amide bonds. The molecule has 1 fully saturated rings. The molecule has 26 heavy (non-hydrogen) atoms. The van der Waals surface area contributed by atoms with E-state index in [4.69, 9.17) is 0 Å². The third kappa shape index (κ3) is 2.45. The third-order valence-electron chi connectivity index (χ3n) is 5.12.